The molecule has 6 heteroatoms. The topological polar surface area (TPSA) is 54.6 Å². The van der Waals surface area contributed by atoms with Crippen LogP contribution in [0.1, 0.15) is 16.1 Å². The van der Waals surface area contributed by atoms with E-state index in [1.165, 1.54) is 0 Å². The van der Waals surface area contributed by atoms with Gasteiger partial charge in [-0.2, -0.15) is 5.10 Å². The summed E-state index contributed by atoms with van der Waals surface area (Å²) in [6, 6.07) is 14.8. The van der Waals surface area contributed by atoms with Gasteiger partial charge in [0.1, 0.15) is 5.58 Å². The largest absolute Gasteiger partial charge is 0.451 e. The van der Waals surface area contributed by atoms with Crippen LogP contribution in [-0.2, 0) is 0 Å². The van der Waals surface area contributed by atoms with Crippen molar-refractivity contribution in [3.05, 3.63) is 68.8 Å². The fourth-order valence-corrected chi connectivity index (χ4v) is 2.54. The van der Waals surface area contributed by atoms with Crippen LogP contribution in [0.5, 0.6) is 0 Å². The Morgan fingerprint density at radius 2 is 1.77 bits per heavy atom. The number of hydrogen-bond acceptors (Lipinski definition) is 3. The van der Waals surface area contributed by atoms with Gasteiger partial charge in [0.15, 0.2) is 5.76 Å². The van der Waals surface area contributed by atoms with Crippen LogP contribution in [0.2, 0.25) is 0 Å². The first-order valence-electron chi connectivity index (χ1n) is 6.40. The Balaban J connectivity index is 1.71. The molecule has 3 rings (SSSR count). The number of nitrogens with zero attached hydrogens (tertiary/aromatic N) is 1. The molecule has 4 nitrogen and oxygen atoms in total. The van der Waals surface area contributed by atoms with Crippen LogP contribution in [0.4, 0.5) is 0 Å². The summed E-state index contributed by atoms with van der Waals surface area (Å²) in [5.74, 6) is -0.165. The molecule has 110 valence electrons. The number of hydrazone groups is 1. The molecule has 0 fully saturated rings. The van der Waals surface area contributed by atoms with Crippen molar-refractivity contribution in [1.29, 1.82) is 0 Å². The molecule has 0 spiro atoms. The van der Waals surface area contributed by atoms with Gasteiger partial charge in [0.05, 0.1) is 6.21 Å². The molecule has 22 heavy (non-hydrogen) atoms. The van der Waals surface area contributed by atoms with Crippen molar-refractivity contribution in [3.63, 3.8) is 0 Å². The second-order valence-corrected chi connectivity index (χ2v) is 6.37. The van der Waals surface area contributed by atoms with Gasteiger partial charge in [0.25, 0.3) is 0 Å². The lowest BCUT2D eigenvalue weighted by atomic mass is 10.2. The highest BCUT2D eigenvalue weighted by Crippen LogP contribution is 2.23. The van der Waals surface area contributed by atoms with Crippen molar-refractivity contribution in [1.82, 2.24) is 5.43 Å². The molecule has 0 radical (unpaired) electrons. The highest BCUT2D eigenvalue weighted by molar-refractivity contribution is 9.10. The van der Waals surface area contributed by atoms with E-state index in [1.807, 2.05) is 36.4 Å². The number of rotatable bonds is 3. The summed E-state index contributed by atoms with van der Waals surface area (Å²) in [5.41, 5.74) is 3.99. The molecule has 1 aromatic heterocycles. The van der Waals surface area contributed by atoms with Gasteiger partial charge in [-0.15, -0.1) is 0 Å². The molecule has 1 amide bonds. The van der Waals surface area contributed by atoms with Crippen molar-refractivity contribution in [3.8, 4) is 0 Å². The Bertz CT molecular complexity index is 854. The summed E-state index contributed by atoms with van der Waals surface area (Å²) < 4.78 is 7.41. The number of nitrogens with one attached hydrogen (secondary N) is 1. The van der Waals surface area contributed by atoms with Crippen molar-refractivity contribution in [2.24, 2.45) is 5.10 Å². The lowest BCUT2D eigenvalue weighted by Crippen LogP contribution is -2.16. The van der Waals surface area contributed by atoms with E-state index in [0.29, 0.717) is 5.58 Å². The van der Waals surface area contributed by atoms with Crippen molar-refractivity contribution < 1.29 is 9.21 Å². The molecule has 3 aromatic rings. The van der Waals surface area contributed by atoms with Crippen molar-refractivity contribution >= 4 is 55.0 Å². The Hall–Kier alpha value is -1.92. The minimum Gasteiger partial charge on any atom is -0.451 e. The van der Waals surface area contributed by atoms with Crippen LogP contribution in [-0.4, -0.2) is 12.1 Å². The van der Waals surface area contributed by atoms with E-state index in [1.54, 1.807) is 18.3 Å². The van der Waals surface area contributed by atoms with E-state index in [0.717, 1.165) is 19.9 Å². The number of hydrogen-bond donors (Lipinski definition) is 1. The molecule has 1 heterocycles. The average molecular weight is 422 g/mol. The zero-order valence-corrected chi connectivity index (χ0v) is 14.4. The highest BCUT2D eigenvalue weighted by Gasteiger charge is 2.11. The lowest BCUT2D eigenvalue weighted by molar-refractivity contribution is 0.0929. The maximum atomic E-state index is 12.0. The first-order chi connectivity index (χ1) is 10.6. The van der Waals surface area contributed by atoms with Crippen LogP contribution >= 0.6 is 31.9 Å². The van der Waals surface area contributed by atoms with Gasteiger partial charge in [-0.05, 0) is 42.0 Å². The number of fused-ring (bicyclic) bond motifs is 1. The van der Waals surface area contributed by atoms with Crippen LogP contribution in [0.25, 0.3) is 11.0 Å². The van der Waals surface area contributed by atoms with Crippen LogP contribution in [0.3, 0.4) is 0 Å². The number of carbonyl (C=O) groups excluding carboxylic acids is 1. The van der Waals surface area contributed by atoms with Crippen molar-refractivity contribution in [2.75, 3.05) is 0 Å². The summed E-state index contributed by atoms with van der Waals surface area (Å²) in [7, 11) is 0. The van der Waals surface area contributed by atoms with Gasteiger partial charge in [-0.1, -0.05) is 44.0 Å². The van der Waals surface area contributed by atoms with Gasteiger partial charge in [0, 0.05) is 14.3 Å². The predicted octanol–water partition coefficient (Wildman–Crippen LogP) is 4.72. The smallest absolute Gasteiger partial charge is 0.307 e. The number of carbonyl (C=O) groups is 1. The van der Waals surface area contributed by atoms with Gasteiger partial charge in [-0.3, -0.25) is 4.79 Å². The van der Waals surface area contributed by atoms with Crippen LogP contribution in [0, 0.1) is 0 Å². The molecule has 2 aromatic carbocycles. The molecular weight excluding hydrogens is 412 g/mol. The molecule has 0 atom stereocenters. The number of benzene rings is 2. The molecule has 0 aliphatic heterocycles. The lowest BCUT2D eigenvalue weighted by Gasteiger charge is -1.96. The fraction of sp³-hybridized carbons (Fsp3) is 0. The van der Waals surface area contributed by atoms with Gasteiger partial charge in [0.2, 0.25) is 0 Å². The summed E-state index contributed by atoms with van der Waals surface area (Å²) in [6.07, 6.45) is 1.57. The minimum atomic E-state index is -0.388. The third-order valence-corrected chi connectivity index (χ3v) is 3.97. The van der Waals surface area contributed by atoms with Crippen LogP contribution < -0.4 is 5.43 Å². The SMILES string of the molecule is O=C(N/N=C/c1ccc(Br)cc1)c1cc2cc(Br)ccc2o1. The minimum absolute atomic E-state index is 0.223. The second-order valence-electron chi connectivity index (χ2n) is 4.54. The normalized spacial score (nSPS) is 11.2. The zero-order valence-electron chi connectivity index (χ0n) is 11.2. The number of furan rings is 1. The summed E-state index contributed by atoms with van der Waals surface area (Å²) >= 11 is 6.74. The Morgan fingerprint density at radius 3 is 2.55 bits per heavy atom. The van der Waals surface area contributed by atoms with Gasteiger partial charge < -0.3 is 4.42 Å². The van der Waals surface area contributed by atoms with Gasteiger partial charge in [-0.25, -0.2) is 5.43 Å². The second kappa shape index (κ2) is 6.46. The van der Waals surface area contributed by atoms with E-state index in [2.05, 4.69) is 42.4 Å². The van der Waals surface area contributed by atoms with Crippen molar-refractivity contribution in [2.45, 2.75) is 0 Å². The molecule has 0 unspecified atom stereocenters. The summed E-state index contributed by atoms with van der Waals surface area (Å²) in [5, 5.41) is 4.78. The molecule has 0 aliphatic rings. The first kappa shape index (κ1) is 15.0. The molecule has 1 N–H and O–H groups in total. The Labute approximate surface area is 143 Å². The Kier molecular flexibility index (Phi) is 4.40. The van der Waals surface area contributed by atoms with E-state index in [-0.39, 0.29) is 11.7 Å². The fourth-order valence-electron chi connectivity index (χ4n) is 1.90. The maximum absolute atomic E-state index is 12.0. The molecule has 0 saturated carbocycles. The summed E-state index contributed by atoms with van der Waals surface area (Å²) in [6.45, 7) is 0. The van der Waals surface area contributed by atoms with E-state index < -0.39 is 0 Å². The van der Waals surface area contributed by atoms with E-state index >= 15 is 0 Å². The standard InChI is InChI=1S/C16H10Br2N2O2/c17-12-3-1-10(2-4-12)9-19-20-16(21)15-8-11-7-13(18)5-6-14(11)22-15/h1-9H,(H,20,21)/b19-9+. The number of amides is 1. The van der Waals surface area contributed by atoms with Crippen LogP contribution in [0.15, 0.2) is 67.0 Å². The van der Waals surface area contributed by atoms with Gasteiger partial charge >= 0.3 is 5.91 Å². The number of halogens is 2. The monoisotopic (exact) mass is 420 g/mol. The molecular formula is C16H10Br2N2O2. The zero-order chi connectivity index (χ0) is 15.5. The quantitative estimate of drug-likeness (QED) is 0.491. The van der Waals surface area contributed by atoms with E-state index in [4.69, 9.17) is 4.42 Å². The maximum Gasteiger partial charge on any atom is 0.307 e. The first-order valence-corrected chi connectivity index (χ1v) is 7.98. The molecule has 0 aliphatic carbocycles. The van der Waals surface area contributed by atoms with E-state index in [9.17, 15) is 4.79 Å². The third-order valence-electron chi connectivity index (χ3n) is 2.95. The third kappa shape index (κ3) is 3.45. The Morgan fingerprint density at radius 1 is 1.05 bits per heavy atom. The summed E-state index contributed by atoms with van der Waals surface area (Å²) in [4.78, 5) is 12.0. The highest BCUT2D eigenvalue weighted by atomic mass is 79.9. The molecule has 0 saturated heterocycles. The predicted molar refractivity (Wildman–Crippen MR) is 93.1 cm³/mol. The average Bonchev–Trinajstić information content (AvgIpc) is 2.92. The molecule has 0 bridgehead atoms.